The van der Waals surface area contributed by atoms with Crippen molar-refractivity contribution in [2.75, 3.05) is 13.6 Å². The van der Waals surface area contributed by atoms with E-state index in [1.165, 1.54) is 12.8 Å². The van der Waals surface area contributed by atoms with Crippen LogP contribution in [0.3, 0.4) is 0 Å². The molecule has 1 fully saturated rings. The summed E-state index contributed by atoms with van der Waals surface area (Å²) >= 11 is 3.40. The van der Waals surface area contributed by atoms with Gasteiger partial charge in [0.2, 0.25) is 0 Å². The fourth-order valence-corrected chi connectivity index (χ4v) is 2.15. The Balaban J connectivity index is 2.04. The van der Waals surface area contributed by atoms with Crippen LogP contribution in [0.5, 0.6) is 0 Å². The molecule has 1 aliphatic rings. The molecule has 0 unspecified atom stereocenters. The maximum atomic E-state index is 11.9. The first-order valence-electron chi connectivity index (χ1n) is 5.16. The molecule has 0 aliphatic heterocycles. The number of Topliss-reactive ketones (excluding diaryl/α,β-unsaturated/α-hetero) is 1. The summed E-state index contributed by atoms with van der Waals surface area (Å²) in [6.45, 7) is 0.521. The number of halogens is 1. The molecule has 0 spiro atoms. The van der Waals surface area contributed by atoms with Crippen molar-refractivity contribution in [3.8, 4) is 0 Å². The molecule has 0 N–H and O–H groups in total. The van der Waals surface area contributed by atoms with Crippen LogP contribution < -0.4 is 0 Å². The van der Waals surface area contributed by atoms with Gasteiger partial charge in [0.15, 0.2) is 5.78 Å². The van der Waals surface area contributed by atoms with Gasteiger partial charge in [0, 0.05) is 16.1 Å². The van der Waals surface area contributed by atoms with E-state index in [4.69, 9.17) is 0 Å². The van der Waals surface area contributed by atoms with Crippen molar-refractivity contribution in [3.63, 3.8) is 0 Å². The van der Waals surface area contributed by atoms with Crippen molar-refractivity contribution in [2.24, 2.45) is 0 Å². The Labute approximate surface area is 98.4 Å². The van der Waals surface area contributed by atoms with E-state index in [-0.39, 0.29) is 5.78 Å². The molecule has 0 atom stereocenters. The van der Waals surface area contributed by atoms with Gasteiger partial charge in [-0.2, -0.15) is 0 Å². The van der Waals surface area contributed by atoms with E-state index in [1.807, 2.05) is 31.3 Å². The fourth-order valence-electron chi connectivity index (χ4n) is 1.64. The molecule has 0 amide bonds. The number of hydrogen-bond donors (Lipinski definition) is 0. The lowest BCUT2D eigenvalue weighted by Gasteiger charge is -2.14. The quantitative estimate of drug-likeness (QED) is 0.782. The van der Waals surface area contributed by atoms with Gasteiger partial charge in [0.25, 0.3) is 0 Å². The largest absolute Gasteiger partial charge is 0.296 e. The lowest BCUT2D eigenvalue weighted by atomic mass is 10.1. The van der Waals surface area contributed by atoms with Gasteiger partial charge in [0.05, 0.1) is 6.54 Å². The molecule has 0 heterocycles. The van der Waals surface area contributed by atoms with Gasteiger partial charge < -0.3 is 0 Å². The highest BCUT2D eigenvalue weighted by Crippen LogP contribution is 2.26. The zero-order valence-corrected chi connectivity index (χ0v) is 10.3. The Kier molecular flexibility index (Phi) is 3.22. The minimum absolute atomic E-state index is 0.192. The molecule has 80 valence electrons. The van der Waals surface area contributed by atoms with Crippen molar-refractivity contribution >= 4 is 21.7 Å². The summed E-state index contributed by atoms with van der Waals surface area (Å²) in [5.74, 6) is 0.192. The second kappa shape index (κ2) is 4.45. The van der Waals surface area contributed by atoms with Gasteiger partial charge >= 0.3 is 0 Å². The third-order valence-electron chi connectivity index (χ3n) is 2.74. The van der Waals surface area contributed by atoms with E-state index in [0.29, 0.717) is 12.6 Å². The number of carbonyl (C=O) groups is 1. The first-order valence-corrected chi connectivity index (χ1v) is 5.96. The maximum absolute atomic E-state index is 11.9. The zero-order chi connectivity index (χ0) is 10.8. The van der Waals surface area contributed by atoms with Crippen molar-refractivity contribution in [1.82, 2.24) is 4.90 Å². The van der Waals surface area contributed by atoms with Gasteiger partial charge in [-0.3, -0.25) is 9.69 Å². The van der Waals surface area contributed by atoms with Gasteiger partial charge in [0.1, 0.15) is 0 Å². The van der Waals surface area contributed by atoms with Crippen LogP contribution in [0.2, 0.25) is 0 Å². The van der Waals surface area contributed by atoms with Crippen molar-refractivity contribution in [2.45, 2.75) is 18.9 Å². The van der Waals surface area contributed by atoms with E-state index >= 15 is 0 Å². The van der Waals surface area contributed by atoms with Crippen LogP contribution in [-0.4, -0.2) is 30.3 Å². The molecule has 0 radical (unpaired) electrons. The van der Waals surface area contributed by atoms with Crippen LogP contribution >= 0.6 is 15.9 Å². The van der Waals surface area contributed by atoms with Crippen molar-refractivity contribution in [1.29, 1.82) is 0 Å². The lowest BCUT2D eigenvalue weighted by Crippen LogP contribution is -2.28. The Morgan fingerprint density at radius 3 is 2.73 bits per heavy atom. The zero-order valence-electron chi connectivity index (χ0n) is 8.74. The average Bonchev–Trinajstić information content (AvgIpc) is 3.01. The first-order chi connectivity index (χ1) is 7.18. The molecule has 1 aromatic carbocycles. The Morgan fingerprint density at radius 1 is 1.47 bits per heavy atom. The molecule has 0 saturated heterocycles. The molecule has 1 aliphatic carbocycles. The summed E-state index contributed by atoms with van der Waals surface area (Å²) in [5.41, 5.74) is 0.782. The van der Waals surface area contributed by atoms with E-state index < -0.39 is 0 Å². The molecule has 0 aromatic heterocycles. The summed E-state index contributed by atoms with van der Waals surface area (Å²) in [6.07, 6.45) is 2.47. The summed E-state index contributed by atoms with van der Waals surface area (Å²) < 4.78 is 0.888. The monoisotopic (exact) mass is 267 g/mol. The van der Waals surface area contributed by atoms with Crippen LogP contribution in [0.4, 0.5) is 0 Å². The molecule has 3 heteroatoms. The highest BCUT2D eigenvalue weighted by Gasteiger charge is 2.27. The van der Waals surface area contributed by atoms with E-state index in [0.717, 1.165) is 10.0 Å². The van der Waals surface area contributed by atoms with Gasteiger partial charge in [-0.1, -0.05) is 34.1 Å². The predicted octanol–water partition coefficient (Wildman–Crippen LogP) is 2.73. The summed E-state index contributed by atoms with van der Waals surface area (Å²) in [6, 6.07) is 8.23. The molecule has 0 bridgehead atoms. The van der Waals surface area contributed by atoms with E-state index in [1.54, 1.807) is 0 Å². The highest BCUT2D eigenvalue weighted by molar-refractivity contribution is 9.10. The predicted molar refractivity (Wildman–Crippen MR) is 64.1 cm³/mol. The second-order valence-electron chi connectivity index (χ2n) is 4.05. The van der Waals surface area contributed by atoms with Gasteiger partial charge in [-0.25, -0.2) is 0 Å². The van der Waals surface area contributed by atoms with E-state index in [2.05, 4.69) is 20.8 Å². The summed E-state index contributed by atoms with van der Waals surface area (Å²) in [4.78, 5) is 14.1. The number of carbonyl (C=O) groups excluding carboxylic acids is 1. The van der Waals surface area contributed by atoms with Crippen LogP contribution in [0.25, 0.3) is 0 Å². The average molecular weight is 268 g/mol. The summed E-state index contributed by atoms with van der Waals surface area (Å²) in [5, 5.41) is 0. The van der Waals surface area contributed by atoms with Gasteiger partial charge in [-0.15, -0.1) is 0 Å². The second-order valence-corrected chi connectivity index (χ2v) is 4.90. The smallest absolute Gasteiger partial charge is 0.177 e. The number of ketones is 1. The third-order valence-corrected chi connectivity index (χ3v) is 3.43. The topological polar surface area (TPSA) is 20.3 Å². The fraction of sp³-hybridized carbons (Fsp3) is 0.417. The standard InChI is InChI=1S/C12H14BrNO/c1-14(9-6-7-9)8-12(15)10-4-2-3-5-11(10)13/h2-5,9H,6-8H2,1H3. The first kappa shape index (κ1) is 10.8. The SMILES string of the molecule is CN(CC(=O)c1ccccc1Br)C1CC1. The van der Waals surface area contributed by atoms with Crippen LogP contribution in [0.1, 0.15) is 23.2 Å². The molecular weight excluding hydrogens is 254 g/mol. The normalized spacial score (nSPS) is 15.7. The Morgan fingerprint density at radius 2 is 2.13 bits per heavy atom. The van der Waals surface area contributed by atoms with Crippen LogP contribution in [0.15, 0.2) is 28.7 Å². The molecule has 15 heavy (non-hydrogen) atoms. The number of hydrogen-bond acceptors (Lipinski definition) is 2. The number of likely N-dealkylation sites (N-methyl/N-ethyl adjacent to an activating group) is 1. The lowest BCUT2D eigenvalue weighted by molar-refractivity contribution is 0.0941. The number of rotatable bonds is 4. The van der Waals surface area contributed by atoms with Crippen LogP contribution in [-0.2, 0) is 0 Å². The molecule has 1 aromatic rings. The van der Waals surface area contributed by atoms with Crippen LogP contribution in [0, 0.1) is 0 Å². The number of nitrogens with zero attached hydrogens (tertiary/aromatic N) is 1. The van der Waals surface area contributed by atoms with Gasteiger partial charge in [-0.05, 0) is 26.0 Å². The third kappa shape index (κ3) is 2.67. The highest BCUT2D eigenvalue weighted by atomic mass is 79.9. The minimum atomic E-state index is 0.192. The molecular formula is C12H14BrNO. The molecule has 1 saturated carbocycles. The maximum Gasteiger partial charge on any atom is 0.177 e. The Hall–Kier alpha value is -0.670. The summed E-state index contributed by atoms with van der Waals surface area (Å²) in [7, 11) is 2.02. The Bertz CT molecular complexity index is 374. The van der Waals surface area contributed by atoms with Crippen molar-refractivity contribution < 1.29 is 4.79 Å². The number of benzene rings is 1. The van der Waals surface area contributed by atoms with E-state index in [9.17, 15) is 4.79 Å². The minimum Gasteiger partial charge on any atom is -0.296 e. The molecule has 2 nitrogen and oxygen atoms in total. The molecule has 2 rings (SSSR count). The van der Waals surface area contributed by atoms with Crippen molar-refractivity contribution in [3.05, 3.63) is 34.3 Å².